The van der Waals surface area contributed by atoms with Crippen LogP contribution in [0.4, 0.5) is 4.79 Å². The van der Waals surface area contributed by atoms with Gasteiger partial charge < -0.3 is 10.1 Å². The molecule has 0 amide bonds. The normalized spacial score (nSPS) is 19.6. The number of aromatic nitrogens is 3. The molecular weight excluding hydrogens is 220 g/mol. The van der Waals surface area contributed by atoms with E-state index in [0.29, 0.717) is 5.65 Å². The molecule has 2 aromatic heterocycles. The van der Waals surface area contributed by atoms with Gasteiger partial charge in [-0.3, -0.25) is 0 Å². The van der Waals surface area contributed by atoms with Crippen molar-refractivity contribution in [3.8, 4) is 0 Å². The molecular formula is C11H12N4O2. The molecule has 1 fully saturated rings. The average Bonchev–Trinajstić information content (AvgIpc) is 2.96. The van der Waals surface area contributed by atoms with E-state index in [1.165, 1.54) is 10.9 Å². The molecule has 0 aliphatic carbocycles. The molecule has 1 atom stereocenters. The van der Waals surface area contributed by atoms with Gasteiger partial charge in [0, 0.05) is 24.3 Å². The van der Waals surface area contributed by atoms with Crippen LogP contribution in [-0.2, 0) is 4.74 Å². The molecule has 3 rings (SSSR count). The molecule has 6 nitrogen and oxygen atoms in total. The summed E-state index contributed by atoms with van der Waals surface area (Å²) in [6.07, 6.45) is 5.19. The van der Waals surface area contributed by atoms with Gasteiger partial charge in [-0.2, -0.15) is 0 Å². The van der Waals surface area contributed by atoms with Crippen LogP contribution in [0.25, 0.3) is 11.0 Å². The molecule has 1 aliphatic rings. The Morgan fingerprint density at radius 3 is 3.35 bits per heavy atom. The van der Waals surface area contributed by atoms with Gasteiger partial charge in [-0.25, -0.2) is 19.3 Å². The maximum Gasteiger partial charge on any atom is 0.420 e. The molecule has 1 N–H and O–H groups in total. The summed E-state index contributed by atoms with van der Waals surface area (Å²) in [6.45, 7) is 1.62. The highest BCUT2D eigenvalue weighted by Crippen LogP contribution is 2.13. The van der Waals surface area contributed by atoms with Crippen LogP contribution in [0.1, 0.15) is 6.42 Å². The van der Waals surface area contributed by atoms with Crippen molar-refractivity contribution in [3.05, 3.63) is 24.8 Å². The highest BCUT2D eigenvalue weighted by molar-refractivity contribution is 5.86. The summed E-state index contributed by atoms with van der Waals surface area (Å²) in [7, 11) is 0. The first-order chi connectivity index (χ1) is 8.34. The summed E-state index contributed by atoms with van der Waals surface area (Å²) in [5.74, 6) is 0. The Kier molecular flexibility index (Phi) is 2.49. The van der Waals surface area contributed by atoms with Crippen molar-refractivity contribution in [2.24, 2.45) is 0 Å². The minimum Gasteiger partial charge on any atom is -0.444 e. The Hall–Kier alpha value is -1.95. The Balaban J connectivity index is 1.85. The zero-order valence-electron chi connectivity index (χ0n) is 9.17. The van der Waals surface area contributed by atoms with Gasteiger partial charge in [0.2, 0.25) is 0 Å². The van der Waals surface area contributed by atoms with Crippen molar-refractivity contribution < 1.29 is 9.53 Å². The van der Waals surface area contributed by atoms with Crippen LogP contribution in [0.5, 0.6) is 0 Å². The van der Waals surface area contributed by atoms with E-state index in [1.54, 1.807) is 18.5 Å². The van der Waals surface area contributed by atoms with E-state index in [-0.39, 0.29) is 12.2 Å². The lowest BCUT2D eigenvalue weighted by Crippen LogP contribution is -2.23. The molecule has 6 heteroatoms. The molecule has 2 aromatic rings. The average molecular weight is 232 g/mol. The first kappa shape index (κ1) is 10.2. The fourth-order valence-corrected chi connectivity index (χ4v) is 1.95. The van der Waals surface area contributed by atoms with Crippen LogP contribution in [0.15, 0.2) is 24.8 Å². The monoisotopic (exact) mass is 232 g/mol. The first-order valence-electron chi connectivity index (χ1n) is 5.53. The summed E-state index contributed by atoms with van der Waals surface area (Å²) in [6, 6.07) is 1.80. The van der Waals surface area contributed by atoms with Crippen LogP contribution >= 0.6 is 0 Å². The zero-order valence-corrected chi connectivity index (χ0v) is 9.17. The van der Waals surface area contributed by atoms with E-state index in [1.807, 2.05) is 0 Å². The third-order valence-corrected chi connectivity index (χ3v) is 2.83. The van der Waals surface area contributed by atoms with Gasteiger partial charge in [0.15, 0.2) is 5.65 Å². The third kappa shape index (κ3) is 1.87. The summed E-state index contributed by atoms with van der Waals surface area (Å²) in [5, 5.41) is 3.98. The second-order valence-corrected chi connectivity index (χ2v) is 3.99. The molecule has 1 saturated heterocycles. The number of carbonyl (C=O) groups excluding carboxylic acids is 1. The molecule has 0 spiro atoms. The first-order valence-corrected chi connectivity index (χ1v) is 5.53. The van der Waals surface area contributed by atoms with Crippen LogP contribution in [-0.4, -0.2) is 39.8 Å². The number of rotatable bonds is 1. The van der Waals surface area contributed by atoms with Crippen molar-refractivity contribution in [1.82, 2.24) is 19.9 Å². The summed E-state index contributed by atoms with van der Waals surface area (Å²) in [5.41, 5.74) is 0.580. The van der Waals surface area contributed by atoms with Crippen LogP contribution in [0, 0.1) is 0 Å². The number of fused-ring (bicyclic) bond motifs is 1. The van der Waals surface area contributed by atoms with Crippen LogP contribution in [0.3, 0.4) is 0 Å². The highest BCUT2D eigenvalue weighted by atomic mass is 16.6. The van der Waals surface area contributed by atoms with Gasteiger partial charge in [-0.1, -0.05) is 0 Å². The van der Waals surface area contributed by atoms with Crippen LogP contribution < -0.4 is 5.32 Å². The number of hydrogen-bond donors (Lipinski definition) is 1. The van der Waals surface area contributed by atoms with Crippen molar-refractivity contribution in [1.29, 1.82) is 0 Å². The Morgan fingerprint density at radius 1 is 1.59 bits per heavy atom. The minimum atomic E-state index is -0.382. The van der Waals surface area contributed by atoms with Crippen molar-refractivity contribution in [2.45, 2.75) is 12.5 Å². The third-order valence-electron chi connectivity index (χ3n) is 2.83. The number of ether oxygens (including phenoxy) is 1. The van der Waals surface area contributed by atoms with E-state index in [9.17, 15) is 4.79 Å². The minimum absolute atomic E-state index is 0.0400. The molecule has 0 saturated carbocycles. The molecule has 0 radical (unpaired) electrons. The van der Waals surface area contributed by atoms with E-state index in [4.69, 9.17) is 4.74 Å². The van der Waals surface area contributed by atoms with Crippen molar-refractivity contribution in [2.75, 3.05) is 13.1 Å². The Morgan fingerprint density at radius 2 is 2.53 bits per heavy atom. The number of nitrogens with zero attached hydrogens (tertiary/aromatic N) is 3. The SMILES string of the molecule is O=C(OC1CCNC1)n1ccc2cncnc21. The Bertz CT molecular complexity index is 545. The number of nitrogens with one attached hydrogen (secondary N) is 1. The molecule has 1 unspecified atom stereocenters. The molecule has 0 aromatic carbocycles. The smallest absolute Gasteiger partial charge is 0.420 e. The summed E-state index contributed by atoms with van der Waals surface area (Å²) in [4.78, 5) is 19.9. The zero-order chi connectivity index (χ0) is 11.7. The second-order valence-electron chi connectivity index (χ2n) is 3.99. The summed E-state index contributed by atoms with van der Waals surface area (Å²) >= 11 is 0. The molecule has 0 bridgehead atoms. The second kappa shape index (κ2) is 4.14. The highest BCUT2D eigenvalue weighted by Gasteiger charge is 2.20. The lowest BCUT2D eigenvalue weighted by molar-refractivity contribution is 0.109. The van der Waals surface area contributed by atoms with Gasteiger partial charge in [0.1, 0.15) is 12.4 Å². The van der Waals surface area contributed by atoms with E-state index in [0.717, 1.165) is 24.9 Å². The van der Waals surface area contributed by atoms with Crippen LogP contribution in [0.2, 0.25) is 0 Å². The summed E-state index contributed by atoms with van der Waals surface area (Å²) < 4.78 is 6.78. The molecule has 3 heterocycles. The van der Waals surface area contributed by atoms with Gasteiger partial charge in [-0.15, -0.1) is 0 Å². The van der Waals surface area contributed by atoms with Gasteiger partial charge in [0.25, 0.3) is 0 Å². The topological polar surface area (TPSA) is 69.0 Å². The fraction of sp³-hybridized carbons (Fsp3) is 0.364. The number of carbonyl (C=O) groups is 1. The maximum absolute atomic E-state index is 11.9. The predicted molar refractivity (Wildman–Crippen MR) is 60.7 cm³/mol. The van der Waals surface area contributed by atoms with Crippen molar-refractivity contribution >= 4 is 17.1 Å². The standard InChI is InChI=1S/C11H12N4O2/c16-11(17-9-1-3-12-6-9)15-4-2-8-5-13-7-14-10(8)15/h2,4-5,7,9,12H,1,3,6H2. The quantitative estimate of drug-likeness (QED) is 0.786. The molecule has 88 valence electrons. The predicted octanol–water partition coefficient (Wildman–Crippen LogP) is 0.778. The van der Waals surface area contributed by atoms with E-state index < -0.39 is 0 Å². The van der Waals surface area contributed by atoms with Gasteiger partial charge >= 0.3 is 6.09 Å². The van der Waals surface area contributed by atoms with Gasteiger partial charge in [-0.05, 0) is 19.0 Å². The maximum atomic E-state index is 11.9. The fourth-order valence-electron chi connectivity index (χ4n) is 1.95. The van der Waals surface area contributed by atoms with E-state index >= 15 is 0 Å². The lowest BCUT2D eigenvalue weighted by atomic mass is 10.3. The largest absolute Gasteiger partial charge is 0.444 e. The number of hydrogen-bond acceptors (Lipinski definition) is 5. The molecule has 17 heavy (non-hydrogen) atoms. The lowest BCUT2D eigenvalue weighted by Gasteiger charge is -2.10. The molecule has 1 aliphatic heterocycles. The van der Waals surface area contributed by atoms with E-state index in [2.05, 4.69) is 15.3 Å². The van der Waals surface area contributed by atoms with Crippen molar-refractivity contribution in [3.63, 3.8) is 0 Å². The van der Waals surface area contributed by atoms with Gasteiger partial charge in [0.05, 0.1) is 0 Å². The Labute approximate surface area is 97.6 Å².